The van der Waals surface area contributed by atoms with Gasteiger partial charge in [-0.25, -0.2) is 18.4 Å². The van der Waals surface area contributed by atoms with E-state index in [0.29, 0.717) is 5.82 Å². The normalized spacial score (nSPS) is 11.7. The third-order valence-electron chi connectivity index (χ3n) is 3.12. The molecule has 0 aliphatic heterocycles. The van der Waals surface area contributed by atoms with Crippen molar-refractivity contribution in [3.8, 4) is 0 Å². The Morgan fingerprint density at radius 2 is 2.05 bits per heavy atom. The maximum Gasteiger partial charge on any atom is 0.248 e. The van der Waals surface area contributed by atoms with Crippen LogP contribution in [0.25, 0.3) is 10.9 Å². The summed E-state index contributed by atoms with van der Waals surface area (Å²) in [6.45, 7) is 0. The third kappa shape index (κ3) is 2.45. The largest absolute Gasteiger partial charge is 0.329 e. The second-order valence-corrected chi connectivity index (χ2v) is 6.55. The third-order valence-corrected chi connectivity index (χ3v) is 3.98. The molecule has 0 amide bonds. The molecule has 3 aromatic rings. The van der Waals surface area contributed by atoms with Crippen molar-refractivity contribution in [2.45, 2.75) is 5.16 Å². The van der Waals surface area contributed by atoms with Gasteiger partial charge in [-0.05, 0) is 18.2 Å². The van der Waals surface area contributed by atoms with E-state index in [-0.39, 0.29) is 5.16 Å². The average Bonchev–Trinajstić information content (AvgIpc) is 2.94. The van der Waals surface area contributed by atoms with Crippen LogP contribution in [0, 0.1) is 0 Å². The highest BCUT2D eigenvalue weighted by Crippen LogP contribution is 2.29. The molecular formula is C13H13N5O2S. The minimum Gasteiger partial charge on any atom is -0.329 e. The molecule has 21 heavy (non-hydrogen) atoms. The van der Waals surface area contributed by atoms with Crippen molar-refractivity contribution < 1.29 is 8.42 Å². The van der Waals surface area contributed by atoms with E-state index in [4.69, 9.17) is 0 Å². The van der Waals surface area contributed by atoms with Crippen LogP contribution in [0.1, 0.15) is 0 Å². The van der Waals surface area contributed by atoms with Crippen molar-refractivity contribution >= 4 is 32.2 Å². The van der Waals surface area contributed by atoms with E-state index in [1.807, 2.05) is 25.2 Å². The van der Waals surface area contributed by atoms with Crippen LogP contribution in [0.5, 0.6) is 0 Å². The number of hydrogen-bond acceptors (Lipinski definition) is 6. The Bertz CT molecular complexity index is 904. The zero-order valence-electron chi connectivity index (χ0n) is 11.5. The SMILES string of the molecule is CN(c1ccnc(S(C)(=O)=O)n1)c1cccc2[nH]ncc12. The fraction of sp³-hybridized carbons (Fsp3) is 0.154. The van der Waals surface area contributed by atoms with E-state index in [9.17, 15) is 8.42 Å². The molecule has 7 nitrogen and oxygen atoms in total. The summed E-state index contributed by atoms with van der Waals surface area (Å²) in [6, 6.07) is 7.39. The highest BCUT2D eigenvalue weighted by Gasteiger charge is 2.15. The molecule has 108 valence electrons. The van der Waals surface area contributed by atoms with Crippen LogP contribution < -0.4 is 4.90 Å². The van der Waals surface area contributed by atoms with E-state index >= 15 is 0 Å². The Hall–Kier alpha value is -2.48. The first-order chi connectivity index (χ1) is 9.97. The van der Waals surface area contributed by atoms with Gasteiger partial charge in [-0.1, -0.05) is 6.07 Å². The molecule has 0 unspecified atom stereocenters. The first-order valence-corrected chi connectivity index (χ1v) is 8.05. The number of nitrogens with zero attached hydrogens (tertiary/aromatic N) is 4. The van der Waals surface area contributed by atoms with Crippen LogP contribution in [0.3, 0.4) is 0 Å². The summed E-state index contributed by atoms with van der Waals surface area (Å²) in [5.41, 5.74) is 1.77. The van der Waals surface area contributed by atoms with Crippen molar-refractivity contribution in [3.05, 3.63) is 36.7 Å². The molecule has 2 aromatic heterocycles. The number of aromatic amines is 1. The fourth-order valence-electron chi connectivity index (χ4n) is 2.07. The topological polar surface area (TPSA) is 91.8 Å². The molecule has 0 radical (unpaired) electrons. The highest BCUT2D eigenvalue weighted by molar-refractivity contribution is 7.90. The molecular weight excluding hydrogens is 290 g/mol. The number of sulfone groups is 1. The minimum absolute atomic E-state index is 0.189. The number of anilines is 2. The first-order valence-electron chi connectivity index (χ1n) is 6.16. The number of H-pyrrole nitrogens is 1. The van der Waals surface area contributed by atoms with Gasteiger partial charge in [0.1, 0.15) is 5.82 Å². The van der Waals surface area contributed by atoms with Crippen molar-refractivity contribution in [3.63, 3.8) is 0 Å². The van der Waals surface area contributed by atoms with Crippen molar-refractivity contribution in [2.24, 2.45) is 0 Å². The Labute approximate surface area is 121 Å². The molecule has 0 saturated carbocycles. The lowest BCUT2D eigenvalue weighted by atomic mass is 10.2. The van der Waals surface area contributed by atoms with Crippen LogP contribution in [0.15, 0.2) is 41.8 Å². The van der Waals surface area contributed by atoms with Crippen LogP contribution >= 0.6 is 0 Å². The lowest BCUT2D eigenvalue weighted by Gasteiger charge is -2.19. The predicted octanol–water partition coefficient (Wildman–Crippen LogP) is 1.52. The summed E-state index contributed by atoms with van der Waals surface area (Å²) < 4.78 is 23.1. The molecule has 0 fully saturated rings. The van der Waals surface area contributed by atoms with Gasteiger partial charge < -0.3 is 4.90 Å². The van der Waals surface area contributed by atoms with Gasteiger partial charge in [0.05, 0.1) is 17.4 Å². The number of aromatic nitrogens is 4. The van der Waals surface area contributed by atoms with Gasteiger partial charge in [-0.3, -0.25) is 5.10 Å². The standard InChI is InChI=1S/C13H13N5O2S/c1-18(11-5-3-4-10-9(11)8-15-17-10)12-6-7-14-13(16-12)21(2,19)20/h3-8H,1-2H3,(H,15,17). The average molecular weight is 303 g/mol. The summed E-state index contributed by atoms with van der Waals surface area (Å²) in [5.74, 6) is 0.499. The first kappa shape index (κ1) is 13.5. The Morgan fingerprint density at radius 1 is 1.24 bits per heavy atom. The maximum atomic E-state index is 11.6. The molecule has 0 spiro atoms. The molecule has 0 atom stereocenters. The zero-order valence-corrected chi connectivity index (χ0v) is 12.3. The Kier molecular flexibility index (Phi) is 3.09. The second-order valence-electron chi connectivity index (χ2n) is 4.64. The molecule has 3 rings (SSSR count). The number of hydrogen-bond donors (Lipinski definition) is 1. The number of nitrogens with one attached hydrogen (secondary N) is 1. The molecule has 8 heteroatoms. The van der Waals surface area contributed by atoms with Crippen LogP contribution in [-0.2, 0) is 9.84 Å². The lowest BCUT2D eigenvalue weighted by Crippen LogP contribution is -2.14. The lowest BCUT2D eigenvalue weighted by molar-refractivity contribution is 0.593. The molecule has 0 bridgehead atoms. The van der Waals surface area contributed by atoms with Crippen LogP contribution in [-0.4, -0.2) is 41.9 Å². The molecule has 0 aliphatic carbocycles. The predicted molar refractivity (Wildman–Crippen MR) is 79.3 cm³/mol. The summed E-state index contributed by atoms with van der Waals surface area (Å²) in [5, 5.41) is 7.65. The van der Waals surface area contributed by atoms with Gasteiger partial charge in [0.15, 0.2) is 0 Å². The number of fused-ring (bicyclic) bond motifs is 1. The Balaban J connectivity index is 2.10. The van der Waals surface area contributed by atoms with Crippen molar-refractivity contribution in [1.82, 2.24) is 20.2 Å². The smallest absolute Gasteiger partial charge is 0.248 e. The zero-order chi connectivity index (χ0) is 15.0. The van der Waals surface area contributed by atoms with Gasteiger partial charge in [-0.2, -0.15) is 5.10 Å². The van der Waals surface area contributed by atoms with E-state index < -0.39 is 9.84 Å². The van der Waals surface area contributed by atoms with Gasteiger partial charge in [0.25, 0.3) is 0 Å². The van der Waals surface area contributed by atoms with E-state index in [1.165, 1.54) is 6.20 Å². The van der Waals surface area contributed by atoms with E-state index in [2.05, 4.69) is 20.2 Å². The molecule has 1 N–H and O–H groups in total. The number of rotatable bonds is 3. The second kappa shape index (κ2) is 4.81. The fourth-order valence-corrected chi connectivity index (χ4v) is 2.58. The number of benzene rings is 1. The highest BCUT2D eigenvalue weighted by atomic mass is 32.2. The van der Waals surface area contributed by atoms with Gasteiger partial charge >= 0.3 is 0 Å². The molecule has 0 aliphatic rings. The van der Waals surface area contributed by atoms with Crippen molar-refractivity contribution in [2.75, 3.05) is 18.2 Å². The summed E-state index contributed by atoms with van der Waals surface area (Å²) in [6.07, 6.45) is 4.24. The summed E-state index contributed by atoms with van der Waals surface area (Å²) >= 11 is 0. The summed E-state index contributed by atoms with van der Waals surface area (Å²) in [4.78, 5) is 9.70. The monoisotopic (exact) mass is 303 g/mol. The summed E-state index contributed by atoms with van der Waals surface area (Å²) in [7, 11) is -1.62. The van der Waals surface area contributed by atoms with Crippen molar-refractivity contribution in [1.29, 1.82) is 0 Å². The van der Waals surface area contributed by atoms with Crippen LogP contribution in [0.4, 0.5) is 11.5 Å². The van der Waals surface area contributed by atoms with Gasteiger partial charge in [-0.15, -0.1) is 0 Å². The quantitative estimate of drug-likeness (QED) is 0.738. The molecule has 2 heterocycles. The van der Waals surface area contributed by atoms with E-state index in [0.717, 1.165) is 22.8 Å². The van der Waals surface area contributed by atoms with Gasteiger partial charge in [0, 0.05) is 24.9 Å². The maximum absolute atomic E-state index is 11.6. The Morgan fingerprint density at radius 3 is 2.81 bits per heavy atom. The van der Waals surface area contributed by atoms with Crippen LogP contribution in [0.2, 0.25) is 0 Å². The van der Waals surface area contributed by atoms with E-state index in [1.54, 1.807) is 17.2 Å². The van der Waals surface area contributed by atoms with Gasteiger partial charge in [0.2, 0.25) is 15.0 Å². The minimum atomic E-state index is -3.44. The molecule has 0 saturated heterocycles. The molecule has 1 aromatic carbocycles.